The number of alkyl halides is 3. The second-order valence-corrected chi connectivity index (χ2v) is 25.8. The molecule has 1 saturated carbocycles. The molecule has 0 bridgehead atoms. The largest absolute Gasteiger partial charge is 0.543 e. The van der Waals surface area contributed by atoms with E-state index in [1.165, 1.54) is 6.07 Å². The molecular formula is C31H48F3NO4SSi2. The van der Waals surface area contributed by atoms with E-state index in [4.69, 9.17) is 8.85 Å². The maximum Gasteiger partial charge on any atom is 0.416 e. The van der Waals surface area contributed by atoms with Gasteiger partial charge in [-0.2, -0.15) is 13.2 Å². The van der Waals surface area contributed by atoms with Gasteiger partial charge in [0.25, 0.3) is 0 Å². The molecule has 1 N–H and O–H groups in total. The third-order valence-corrected chi connectivity index (χ3v) is 19.5. The van der Waals surface area contributed by atoms with E-state index in [-0.39, 0.29) is 26.9 Å². The van der Waals surface area contributed by atoms with E-state index in [0.717, 1.165) is 42.0 Å². The minimum atomic E-state index is -4.61. The van der Waals surface area contributed by atoms with Gasteiger partial charge in [-0.25, -0.2) is 13.1 Å². The van der Waals surface area contributed by atoms with Crippen molar-refractivity contribution < 1.29 is 30.4 Å². The molecule has 0 unspecified atom stereocenters. The van der Waals surface area contributed by atoms with Crippen LogP contribution in [0.4, 0.5) is 13.2 Å². The van der Waals surface area contributed by atoms with Crippen LogP contribution in [0.15, 0.2) is 47.4 Å². The zero-order valence-electron chi connectivity index (χ0n) is 26.7. The van der Waals surface area contributed by atoms with E-state index in [1.807, 2.05) is 12.1 Å². The Morgan fingerprint density at radius 1 is 0.786 bits per heavy atom. The summed E-state index contributed by atoms with van der Waals surface area (Å²) >= 11 is 0. The summed E-state index contributed by atoms with van der Waals surface area (Å²) in [5.41, 5.74) is 0.117. The highest BCUT2D eigenvalue weighted by Crippen LogP contribution is 2.45. The first kappa shape index (κ1) is 34.7. The average Bonchev–Trinajstić information content (AvgIpc) is 2.82. The van der Waals surface area contributed by atoms with E-state index in [1.54, 1.807) is 0 Å². The Kier molecular flexibility index (Phi) is 9.85. The Bertz CT molecular complexity index is 1360. The van der Waals surface area contributed by atoms with E-state index in [2.05, 4.69) is 78.5 Å². The van der Waals surface area contributed by atoms with Gasteiger partial charge in [-0.15, -0.1) is 0 Å². The van der Waals surface area contributed by atoms with Gasteiger partial charge in [-0.1, -0.05) is 53.7 Å². The first-order valence-electron chi connectivity index (χ1n) is 14.6. The van der Waals surface area contributed by atoms with Crippen molar-refractivity contribution >= 4 is 26.7 Å². The molecule has 2 aromatic carbocycles. The first-order chi connectivity index (χ1) is 18.9. The number of sulfonamides is 1. The van der Waals surface area contributed by atoms with Crippen molar-refractivity contribution in [3.63, 3.8) is 0 Å². The van der Waals surface area contributed by atoms with Gasteiger partial charge >= 0.3 is 6.18 Å². The number of halogens is 3. The molecule has 5 nitrogen and oxygen atoms in total. The van der Waals surface area contributed by atoms with Crippen LogP contribution in [-0.2, 0) is 16.2 Å². The summed E-state index contributed by atoms with van der Waals surface area (Å²) in [6.07, 6.45) is -2.01. The van der Waals surface area contributed by atoms with Crippen molar-refractivity contribution in [2.45, 2.75) is 127 Å². The molecular weight excluding hydrogens is 596 g/mol. The molecule has 3 rings (SSSR count). The lowest BCUT2D eigenvalue weighted by molar-refractivity contribution is -0.137. The SMILES string of the molecule is CC(C)(C)[Si](C)(C)Oc1ccc([C@H]2CC[C@H](NS(=O)(=O)c3cccc(C(F)(F)F)c3)CC2)c(O[Si](C)(C)C(C)(C)C)c1. The topological polar surface area (TPSA) is 64.6 Å². The van der Waals surface area contributed by atoms with Gasteiger partial charge in [0, 0.05) is 12.1 Å². The Balaban J connectivity index is 1.82. The standard InChI is InChI=1S/C31H48F3NO4SSi2/c1-29(2,3)41(7,8)38-25-18-19-27(28(21-25)39-42(9,10)30(4,5)6)22-14-16-24(17-15-22)35-40(36,37)26-13-11-12-23(20-26)31(32,33)34/h11-13,18-22,24,35H,14-17H2,1-10H3/t22-,24-. The van der Waals surface area contributed by atoms with Gasteiger partial charge in [0.2, 0.25) is 26.7 Å². The summed E-state index contributed by atoms with van der Waals surface area (Å²) in [6.45, 7) is 22.1. The average molecular weight is 644 g/mol. The summed E-state index contributed by atoms with van der Waals surface area (Å²) in [7, 11) is -8.33. The molecule has 0 aromatic heterocycles. The van der Waals surface area contributed by atoms with E-state index in [9.17, 15) is 21.6 Å². The van der Waals surface area contributed by atoms with Crippen LogP contribution >= 0.6 is 0 Å². The number of hydrogen-bond donors (Lipinski definition) is 1. The van der Waals surface area contributed by atoms with Crippen LogP contribution in [-0.4, -0.2) is 31.1 Å². The Morgan fingerprint density at radius 2 is 1.33 bits per heavy atom. The van der Waals surface area contributed by atoms with Gasteiger partial charge in [-0.3, -0.25) is 0 Å². The highest BCUT2D eigenvalue weighted by atomic mass is 32.2. The predicted molar refractivity (Wildman–Crippen MR) is 169 cm³/mol. The molecule has 0 saturated heterocycles. The fraction of sp³-hybridized carbons (Fsp3) is 0.613. The van der Waals surface area contributed by atoms with E-state index < -0.39 is 38.4 Å². The normalized spacial score (nSPS) is 19.5. The fourth-order valence-corrected chi connectivity index (χ4v) is 7.93. The van der Waals surface area contributed by atoms with Gasteiger partial charge in [-0.05, 0) is 97.7 Å². The van der Waals surface area contributed by atoms with Gasteiger partial charge < -0.3 is 8.85 Å². The van der Waals surface area contributed by atoms with Crippen molar-refractivity contribution in [2.24, 2.45) is 0 Å². The molecule has 11 heteroatoms. The minimum absolute atomic E-state index is 0.0000790. The van der Waals surface area contributed by atoms with Crippen molar-refractivity contribution in [3.8, 4) is 11.5 Å². The van der Waals surface area contributed by atoms with E-state index >= 15 is 0 Å². The van der Waals surface area contributed by atoms with Crippen LogP contribution in [0, 0.1) is 0 Å². The molecule has 0 aliphatic heterocycles. The molecule has 0 heterocycles. The molecule has 0 spiro atoms. The second kappa shape index (κ2) is 11.9. The van der Waals surface area contributed by atoms with Crippen molar-refractivity contribution in [3.05, 3.63) is 53.6 Å². The number of nitrogens with one attached hydrogen (secondary N) is 1. The molecule has 0 radical (unpaired) electrons. The molecule has 2 aromatic rings. The lowest BCUT2D eigenvalue weighted by Crippen LogP contribution is -2.44. The highest BCUT2D eigenvalue weighted by molar-refractivity contribution is 7.89. The molecule has 0 atom stereocenters. The number of rotatable bonds is 8. The monoisotopic (exact) mass is 643 g/mol. The second-order valence-electron chi connectivity index (χ2n) is 14.6. The third kappa shape index (κ3) is 8.21. The Labute approximate surface area is 252 Å². The molecule has 1 aliphatic rings. The Hall–Kier alpha value is -1.83. The molecule has 42 heavy (non-hydrogen) atoms. The van der Waals surface area contributed by atoms with Crippen LogP contribution in [0.25, 0.3) is 0 Å². The summed E-state index contributed by atoms with van der Waals surface area (Å²) < 4.78 is 81.5. The van der Waals surface area contributed by atoms with Gasteiger partial charge in [0.05, 0.1) is 10.5 Å². The quantitative estimate of drug-likeness (QED) is 0.291. The van der Waals surface area contributed by atoms with Crippen LogP contribution in [0.1, 0.15) is 84.3 Å². The van der Waals surface area contributed by atoms with Crippen LogP contribution in [0.2, 0.25) is 36.3 Å². The third-order valence-electron chi connectivity index (χ3n) is 9.30. The minimum Gasteiger partial charge on any atom is -0.543 e. The summed E-state index contributed by atoms with van der Waals surface area (Å²) in [4.78, 5) is -0.373. The molecule has 1 fully saturated rings. The highest BCUT2D eigenvalue weighted by Gasteiger charge is 2.41. The van der Waals surface area contributed by atoms with Crippen LogP contribution in [0.3, 0.4) is 0 Å². The fourth-order valence-electron chi connectivity index (χ4n) is 4.53. The zero-order chi connectivity index (χ0) is 31.9. The predicted octanol–water partition coefficient (Wildman–Crippen LogP) is 9.48. The maximum absolute atomic E-state index is 13.1. The van der Waals surface area contributed by atoms with Crippen LogP contribution in [0.5, 0.6) is 11.5 Å². The molecule has 236 valence electrons. The lowest BCUT2D eigenvalue weighted by Gasteiger charge is -2.39. The Morgan fingerprint density at radius 3 is 1.86 bits per heavy atom. The number of hydrogen-bond acceptors (Lipinski definition) is 4. The van der Waals surface area contributed by atoms with E-state index in [0.29, 0.717) is 18.9 Å². The first-order valence-corrected chi connectivity index (χ1v) is 21.9. The summed E-state index contributed by atoms with van der Waals surface area (Å²) in [6, 6.07) is 9.69. The molecule has 1 aliphatic carbocycles. The van der Waals surface area contributed by atoms with Crippen molar-refractivity contribution in [2.75, 3.05) is 0 Å². The van der Waals surface area contributed by atoms with Crippen molar-refractivity contribution in [1.29, 1.82) is 0 Å². The molecule has 0 amide bonds. The summed E-state index contributed by atoms with van der Waals surface area (Å²) in [5, 5.41) is 0.0474. The van der Waals surface area contributed by atoms with Crippen molar-refractivity contribution in [1.82, 2.24) is 4.72 Å². The summed E-state index contributed by atoms with van der Waals surface area (Å²) in [5.74, 6) is 1.81. The zero-order valence-corrected chi connectivity index (χ0v) is 29.5. The van der Waals surface area contributed by atoms with Gasteiger partial charge in [0.1, 0.15) is 11.5 Å². The maximum atomic E-state index is 13.1. The smallest absolute Gasteiger partial charge is 0.416 e. The number of benzene rings is 2. The lowest BCUT2D eigenvalue weighted by atomic mass is 9.81. The van der Waals surface area contributed by atoms with Gasteiger partial charge in [0.15, 0.2) is 0 Å². The van der Waals surface area contributed by atoms with Crippen LogP contribution < -0.4 is 13.6 Å².